The topological polar surface area (TPSA) is 92.6 Å². The molecule has 0 spiro atoms. The second kappa shape index (κ2) is 10.4. The van der Waals surface area contributed by atoms with Crippen LogP contribution in [0.2, 0.25) is 0 Å². The van der Waals surface area contributed by atoms with Crippen LogP contribution in [0, 0.1) is 11.7 Å². The lowest BCUT2D eigenvalue weighted by Gasteiger charge is -2.34. The van der Waals surface area contributed by atoms with E-state index < -0.39 is 0 Å². The maximum absolute atomic E-state index is 13.2. The first-order valence-corrected chi connectivity index (χ1v) is 12.5. The summed E-state index contributed by atoms with van der Waals surface area (Å²) in [5, 5.41) is 12.0. The molecule has 2 aromatic rings. The van der Waals surface area contributed by atoms with Crippen molar-refractivity contribution in [3.8, 4) is 0 Å². The highest BCUT2D eigenvalue weighted by Crippen LogP contribution is 2.28. The zero-order chi connectivity index (χ0) is 24.4. The molecule has 0 aliphatic carbocycles. The minimum atomic E-state index is -0.258. The molecular weight excluding hydrogens is 451 g/mol. The molecule has 9 nitrogen and oxygen atoms in total. The van der Waals surface area contributed by atoms with Gasteiger partial charge >= 0.3 is 0 Å². The van der Waals surface area contributed by atoms with E-state index in [4.69, 9.17) is 4.74 Å². The first-order chi connectivity index (χ1) is 17.0. The quantitative estimate of drug-likeness (QED) is 0.698. The van der Waals surface area contributed by atoms with Gasteiger partial charge < -0.3 is 15.0 Å². The fourth-order valence-electron chi connectivity index (χ4n) is 5.29. The van der Waals surface area contributed by atoms with Crippen LogP contribution in [0.15, 0.2) is 24.3 Å². The van der Waals surface area contributed by atoms with Crippen molar-refractivity contribution in [1.29, 1.82) is 0 Å². The fourth-order valence-corrected chi connectivity index (χ4v) is 5.29. The van der Waals surface area contributed by atoms with Crippen molar-refractivity contribution in [2.24, 2.45) is 5.92 Å². The van der Waals surface area contributed by atoms with Crippen molar-refractivity contribution in [3.05, 3.63) is 47.0 Å². The van der Waals surface area contributed by atoms with Gasteiger partial charge in [0.15, 0.2) is 0 Å². The van der Waals surface area contributed by atoms with Gasteiger partial charge in [-0.25, -0.2) is 9.07 Å². The summed E-state index contributed by atoms with van der Waals surface area (Å²) in [6.07, 6.45) is 3.14. The van der Waals surface area contributed by atoms with Crippen LogP contribution in [0.3, 0.4) is 0 Å². The van der Waals surface area contributed by atoms with Crippen molar-refractivity contribution in [2.45, 2.75) is 64.4 Å². The molecule has 0 bridgehead atoms. The van der Waals surface area contributed by atoms with Crippen LogP contribution in [0.25, 0.3) is 0 Å². The number of ether oxygens (including phenoxy) is 1. The number of benzene rings is 1. The van der Waals surface area contributed by atoms with Crippen LogP contribution >= 0.6 is 0 Å². The third kappa shape index (κ3) is 5.54. The summed E-state index contributed by atoms with van der Waals surface area (Å²) in [4.78, 5) is 28.4. The molecule has 1 aromatic heterocycles. The Morgan fingerprint density at radius 3 is 2.49 bits per heavy atom. The minimum absolute atomic E-state index is 0.00510. The zero-order valence-electron chi connectivity index (χ0n) is 20.2. The predicted octanol–water partition coefficient (Wildman–Crippen LogP) is 2.03. The third-order valence-corrected chi connectivity index (χ3v) is 7.54. The van der Waals surface area contributed by atoms with Crippen molar-refractivity contribution >= 4 is 11.8 Å². The third-order valence-electron chi connectivity index (χ3n) is 7.54. The molecule has 0 saturated carbocycles. The van der Waals surface area contributed by atoms with Gasteiger partial charge in [0.05, 0.1) is 18.8 Å². The molecular formula is C25H33FN6O3. The van der Waals surface area contributed by atoms with E-state index in [1.807, 2.05) is 9.58 Å². The van der Waals surface area contributed by atoms with Crippen LogP contribution in [-0.2, 0) is 34.0 Å². The zero-order valence-corrected chi connectivity index (χ0v) is 20.2. The second-order valence-corrected chi connectivity index (χ2v) is 9.86. The number of nitrogens with one attached hydrogen (secondary N) is 1. The largest absolute Gasteiger partial charge is 0.365 e. The molecule has 10 heteroatoms. The van der Waals surface area contributed by atoms with Crippen LogP contribution in [0.4, 0.5) is 4.39 Å². The Bertz CT molecular complexity index is 1040. The number of amides is 2. The highest BCUT2D eigenvalue weighted by atomic mass is 19.1. The van der Waals surface area contributed by atoms with Gasteiger partial charge in [-0.15, -0.1) is 5.10 Å². The van der Waals surface area contributed by atoms with Gasteiger partial charge in [-0.3, -0.25) is 14.5 Å². The minimum Gasteiger partial charge on any atom is -0.365 e. The van der Waals surface area contributed by atoms with Crippen molar-refractivity contribution in [3.63, 3.8) is 0 Å². The van der Waals surface area contributed by atoms with Crippen molar-refractivity contribution < 1.29 is 18.7 Å². The normalized spacial score (nSPS) is 22.1. The highest BCUT2D eigenvalue weighted by molar-refractivity contribution is 5.79. The van der Waals surface area contributed by atoms with E-state index in [1.54, 1.807) is 19.1 Å². The standard InChI is InChI=1S/C25H33FN6O3/c1-17(33)31-12-6-19(7-13-31)25(34)27-21-8-10-30(11-9-21)14-22-23-16-35-24(15-32(23)29-28-22)18-2-4-20(26)5-3-18/h2-5,19,21,24H,6-16H2,1H3,(H,27,34)/t24-/m0/s1. The number of aromatic nitrogens is 3. The summed E-state index contributed by atoms with van der Waals surface area (Å²) < 4.78 is 21.2. The molecule has 1 aromatic carbocycles. The summed E-state index contributed by atoms with van der Waals surface area (Å²) in [5.41, 5.74) is 2.86. The lowest BCUT2D eigenvalue weighted by Crippen LogP contribution is -2.48. The van der Waals surface area contributed by atoms with E-state index in [2.05, 4.69) is 20.5 Å². The van der Waals surface area contributed by atoms with E-state index in [-0.39, 0.29) is 35.7 Å². The number of rotatable bonds is 5. The SMILES string of the molecule is CC(=O)N1CCC(C(=O)NC2CCN(Cc3nnn4c3CO[C@H](c3ccc(F)cc3)C4)CC2)CC1. The molecule has 35 heavy (non-hydrogen) atoms. The molecule has 1 N–H and O–H groups in total. The average molecular weight is 485 g/mol. The second-order valence-electron chi connectivity index (χ2n) is 9.86. The highest BCUT2D eigenvalue weighted by Gasteiger charge is 2.30. The van der Waals surface area contributed by atoms with Gasteiger partial charge in [0.25, 0.3) is 0 Å². The monoisotopic (exact) mass is 484 g/mol. The van der Waals surface area contributed by atoms with Crippen LogP contribution in [0.5, 0.6) is 0 Å². The lowest BCUT2D eigenvalue weighted by atomic mass is 9.94. The first kappa shape index (κ1) is 23.9. The molecule has 5 rings (SSSR count). The number of nitrogens with zero attached hydrogens (tertiary/aromatic N) is 5. The van der Waals surface area contributed by atoms with Crippen LogP contribution in [0.1, 0.15) is 55.7 Å². The van der Waals surface area contributed by atoms with Gasteiger partial charge in [0.1, 0.15) is 17.6 Å². The Morgan fingerprint density at radius 2 is 1.80 bits per heavy atom. The first-order valence-electron chi connectivity index (χ1n) is 12.5. The van der Waals surface area contributed by atoms with Gasteiger partial charge in [-0.05, 0) is 43.4 Å². The molecule has 2 amide bonds. The number of hydrogen-bond acceptors (Lipinski definition) is 6. The molecule has 0 unspecified atom stereocenters. The summed E-state index contributed by atoms with van der Waals surface area (Å²) >= 11 is 0. The number of likely N-dealkylation sites (tertiary alicyclic amines) is 2. The Kier molecular flexibility index (Phi) is 7.10. The maximum Gasteiger partial charge on any atom is 0.223 e. The molecule has 1 atom stereocenters. The van der Waals surface area contributed by atoms with E-state index in [9.17, 15) is 14.0 Å². The average Bonchev–Trinajstić information content (AvgIpc) is 3.27. The van der Waals surface area contributed by atoms with Crippen LogP contribution < -0.4 is 5.32 Å². The molecule has 188 valence electrons. The Hall–Kier alpha value is -2.85. The Labute approximate surface area is 204 Å². The number of hydrogen-bond donors (Lipinski definition) is 1. The number of halogens is 1. The summed E-state index contributed by atoms with van der Waals surface area (Å²) in [7, 11) is 0. The van der Waals surface area contributed by atoms with E-state index in [0.717, 1.165) is 55.7 Å². The smallest absolute Gasteiger partial charge is 0.223 e. The van der Waals surface area contributed by atoms with Gasteiger partial charge in [-0.2, -0.15) is 0 Å². The number of piperidine rings is 2. The Balaban J connectivity index is 1.08. The summed E-state index contributed by atoms with van der Waals surface area (Å²) in [6, 6.07) is 6.59. The molecule has 2 fully saturated rings. The number of fused-ring (bicyclic) bond motifs is 1. The van der Waals surface area contributed by atoms with Gasteiger partial charge in [0, 0.05) is 51.6 Å². The molecule has 3 aliphatic rings. The van der Waals surface area contributed by atoms with Crippen molar-refractivity contribution in [1.82, 2.24) is 30.1 Å². The van der Waals surface area contributed by atoms with Crippen molar-refractivity contribution in [2.75, 3.05) is 26.2 Å². The predicted molar refractivity (Wildman–Crippen MR) is 125 cm³/mol. The van der Waals surface area contributed by atoms with E-state index in [0.29, 0.717) is 32.8 Å². The maximum atomic E-state index is 13.2. The Morgan fingerprint density at radius 1 is 1.09 bits per heavy atom. The number of carbonyl (C=O) groups is 2. The van der Waals surface area contributed by atoms with E-state index >= 15 is 0 Å². The van der Waals surface area contributed by atoms with Crippen LogP contribution in [-0.4, -0.2) is 68.8 Å². The molecule has 2 saturated heterocycles. The lowest BCUT2D eigenvalue weighted by molar-refractivity contribution is -0.134. The molecule has 3 aliphatic heterocycles. The molecule has 4 heterocycles. The molecule has 0 radical (unpaired) electrons. The fraction of sp³-hybridized carbons (Fsp3) is 0.600. The summed E-state index contributed by atoms with van der Waals surface area (Å²) in [5.74, 6) is -0.0336. The number of carbonyl (C=O) groups excluding carboxylic acids is 2. The summed E-state index contributed by atoms with van der Waals surface area (Å²) in [6.45, 7) is 6.41. The van der Waals surface area contributed by atoms with Gasteiger partial charge in [-0.1, -0.05) is 17.3 Å². The van der Waals surface area contributed by atoms with E-state index in [1.165, 1.54) is 12.1 Å². The van der Waals surface area contributed by atoms with Gasteiger partial charge in [0.2, 0.25) is 11.8 Å².